The largest absolute Gasteiger partial charge is 0.573 e. The van der Waals surface area contributed by atoms with Crippen LogP contribution in [-0.4, -0.2) is 32.0 Å². The minimum absolute atomic E-state index is 0.160. The van der Waals surface area contributed by atoms with E-state index in [-0.39, 0.29) is 5.75 Å². The Balaban J connectivity index is 1.68. The van der Waals surface area contributed by atoms with Crippen molar-refractivity contribution < 1.29 is 17.9 Å². The number of hydrogen-bond acceptors (Lipinski definition) is 3. The first-order valence-corrected chi connectivity index (χ1v) is 8.47. The van der Waals surface area contributed by atoms with Crippen LogP contribution in [0.1, 0.15) is 12.0 Å². The maximum atomic E-state index is 12.7. The van der Waals surface area contributed by atoms with E-state index in [0.717, 1.165) is 38.0 Å². The van der Waals surface area contributed by atoms with Gasteiger partial charge in [-0.25, -0.2) is 0 Å². The molecule has 2 aliphatic heterocycles. The van der Waals surface area contributed by atoms with Gasteiger partial charge in [0.1, 0.15) is 5.75 Å². The van der Waals surface area contributed by atoms with E-state index in [0.29, 0.717) is 11.6 Å². The van der Waals surface area contributed by atoms with E-state index >= 15 is 0 Å². The average molecular weight is 348 g/mol. The molecule has 0 amide bonds. The molecule has 0 spiro atoms. The summed E-state index contributed by atoms with van der Waals surface area (Å²) in [6.07, 6.45) is -2.68. The minimum Gasteiger partial charge on any atom is -0.405 e. The SMILES string of the molecule is FC(F)(F)Oc1ccccc1-c1ccc2c(c1)CC1CCNCCN21. The number of rotatable bonds is 2. The molecule has 3 nitrogen and oxygen atoms in total. The van der Waals surface area contributed by atoms with E-state index in [9.17, 15) is 13.2 Å². The Kier molecular flexibility index (Phi) is 4.07. The monoisotopic (exact) mass is 348 g/mol. The Bertz CT molecular complexity index is 776. The van der Waals surface area contributed by atoms with Crippen molar-refractivity contribution in [2.75, 3.05) is 24.5 Å². The van der Waals surface area contributed by atoms with Crippen LogP contribution >= 0.6 is 0 Å². The predicted molar refractivity (Wildman–Crippen MR) is 90.9 cm³/mol. The second-order valence-corrected chi connectivity index (χ2v) is 6.48. The highest BCUT2D eigenvalue weighted by atomic mass is 19.4. The van der Waals surface area contributed by atoms with Gasteiger partial charge in [0.15, 0.2) is 0 Å². The van der Waals surface area contributed by atoms with E-state index in [1.165, 1.54) is 17.3 Å². The van der Waals surface area contributed by atoms with E-state index < -0.39 is 6.36 Å². The summed E-state index contributed by atoms with van der Waals surface area (Å²) in [6.45, 7) is 2.93. The molecule has 2 heterocycles. The standard InChI is InChI=1S/C19H19F3N2O/c20-19(21,22)25-18-4-2-1-3-16(18)13-5-6-17-14(11-13)12-15-7-8-23-9-10-24(15)17/h1-6,11,15,23H,7-10,12H2. The van der Waals surface area contributed by atoms with Crippen LogP contribution in [0.2, 0.25) is 0 Å². The summed E-state index contributed by atoms with van der Waals surface area (Å²) in [5.74, 6) is -0.160. The zero-order chi connectivity index (χ0) is 17.4. The fraction of sp³-hybridized carbons (Fsp3) is 0.368. The fourth-order valence-corrected chi connectivity index (χ4v) is 3.83. The fourth-order valence-electron chi connectivity index (χ4n) is 3.83. The van der Waals surface area contributed by atoms with Crippen molar-refractivity contribution in [3.05, 3.63) is 48.0 Å². The molecule has 0 aliphatic carbocycles. The smallest absolute Gasteiger partial charge is 0.405 e. The summed E-state index contributed by atoms with van der Waals surface area (Å²) in [6, 6.07) is 12.7. The van der Waals surface area contributed by atoms with Gasteiger partial charge in [-0.05, 0) is 48.7 Å². The lowest BCUT2D eigenvalue weighted by Gasteiger charge is -2.24. The minimum atomic E-state index is -4.70. The summed E-state index contributed by atoms with van der Waals surface area (Å²) in [4.78, 5) is 2.41. The number of anilines is 1. The average Bonchev–Trinajstić information content (AvgIpc) is 2.74. The molecule has 1 unspecified atom stereocenters. The van der Waals surface area contributed by atoms with Gasteiger partial charge in [-0.2, -0.15) is 0 Å². The molecule has 1 atom stereocenters. The lowest BCUT2D eigenvalue weighted by Crippen LogP contribution is -2.32. The zero-order valence-electron chi connectivity index (χ0n) is 13.6. The van der Waals surface area contributed by atoms with Gasteiger partial charge in [0, 0.05) is 30.4 Å². The highest BCUT2D eigenvalue weighted by molar-refractivity contribution is 5.75. The van der Waals surface area contributed by atoms with Gasteiger partial charge in [-0.15, -0.1) is 13.2 Å². The lowest BCUT2D eigenvalue weighted by atomic mass is 10.00. The van der Waals surface area contributed by atoms with Gasteiger partial charge in [-0.1, -0.05) is 24.3 Å². The van der Waals surface area contributed by atoms with Crippen LogP contribution < -0.4 is 15.0 Å². The summed E-state index contributed by atoms with van der Waals surface area (Å²) in [7, 11) is 0. The molecular weight excluding hydrogens is 329 g/mol. The van der Waals surface area contributed by atoms with Crippen LogP contribution in [0.4, 0.5) is 18.9 Å². The van der Waals surface area contributed by atoms with Crippen molar-refractivity contribution in [2.45, 2.75) is 25.2 Å². The van der Waals surface area contributed by atoms with Crippen molar-refractivity contribution in [1.82, 2.24) is 5.32 Å². The molecule has 0 bridgehead atoms. The highest BCUT2D eigenvalue weighted by Gasteiger charge is 2.33. The number of alkyl halides is 3. The first-order chi connectivity index (χ1) is 12.0. The Morgan fingerprint density at radius 3 is 2.76 bits per heavy atom. The number of hydrogen-bond donors (Lipinski definition) is 1. The van der Waals surface area contributed by atoms with Crippen LogP contribution in [0, 0.1) is 0 Å². The molecule has 2 aromatic carbocycles. The highest BCUT2D eigenvalue weighted by Crippen LogP contribution is 2.39. The van der Waals surface area contributed by atoms with E-state index in [4.69, 9.17) is 0 Å². The third kappa shape index (κ3) is 3.31. The third-order valence-electron chi connectivity index (χ3n) is 4.89. The van der Waals surface area contributed by atoms with Gasteiger partial charge in [0.25, 0.3) is 0 Å². The normalized spacial score (nSPS) is 20.0. The van der Waals surface area contributed by atoms with Crippen molar-refractivity contribution >= 4 is 5.69 Å². The number of para-hydroxylation sites is 1. The molecule has 0 aromatic heterocycles. The van der Waals surface area contributed by atoms with Crippen molar-refractivity contribution in [3.8, 4) is 16.9 Å². The van der Waals surface area contributed by atoms with E-state index in [2.05, 4.69) is 15.0 Å². The molecule has 4 rings (SSSR count). The molecule has 0 radical (unpaired) electrons. The summed E-state index contributed by atoms with van der Waals surface area (Å²) in [5, 5.41) is 3.41. The van der Waals surface area contributed by atoms with Crippen LogP contribution in [0.25, 0.3) is 11.1 Å². The number of nitrogens with one attached hydrogen (secondary N) is 1. The van der Waals surface area contributed by atoms with Gasteiger partial charge < -0.3 is 15.0 Å². The molecule has 132 valence electrons. The van der Waals surface area contributed by atoms with Crippen LogP contribution in [0.15, 0.2) is 42.5 Å². The van der Waals surface area contributed by atoms with Crippen LogP contribution in [0.5, 0.6) is 5.75 Å². The molecule has 1 saturated heterocycles. The Hall–Kier alpha value is -2.21. The summed E-state index contributed by atoms with van der Waals surface area (Å²) in [5.41, 5.74) is 3.62. The van der Waals surface area contributed by atoms with Crippen LogP contribution in [0.3, 0.4) is 0 Å². The topological polar surface area (TPSA) is 24.5 Å². The van der Waals surface area contributed by atoms with Gasteiger partial charge >= 0.3 is 6.36 Å². The Labute approximate surface area is 144 Å². The van der Waals surface area contributed by atoms with Gasteiger partial charge in [0.2, 0.25) is 0 Å². The molecule has 6 heteroatoms. The first-order valence-electron chi connectivity index (χ1n) is 8.47. The van der Waals surface area contributed by atoms with Gasteiger partial charge in [0.05, 0.1) is 0 Å². The molecule has 2 aromatic rings. The van der Waals surface area contributed by atoms with Gasteiger partial charge in [-0.3, -0.25) is 0 Å². The quantitative estimate of drug-likeness (QED) is 0.889. The molecule has 1 fully saturated rings. The number of nitrogens with zero attached hydrogens (tertiary/aromatic N) is 1. The van der Waals surface area contributed by atoms with E-state index in [1.54, 1.807) is 18.2 Å². The second-order valence-electron chi connectivity index (χ2n) is 6.48. The number of ether oxygens (including phenoxy) is 1. The maximum absolute atomic E-state index is 12.7. The predicted octanol–water partition coefficient (Wildman–Crippen LogP) is 3.98. The summed E-state index contributed by atoms with van der Waals surface area (Å²) < 4.78 is 42.2. The molecular formula is C19H19F3N2O. The molecule has 0 saturated carbocycles. The Morgan fingerprint density at radius 1 is 1.08 bits per heavy atom. The van der Waals surface area contributed by atoms with Crippen molar-refractivity contribution in [3.63, 3.8) is 0 Å². The molecule has 25 heavy (non-hydrogen) atoms. The Morgan fingerprint density at radius 2 is 1.92 bits per heavy atom. The second kappa shape index (κ2) is 6.26. The van der Waals surface area contributed by atoms with Crippen molar-refractivity contribution in [2.24, 2.45) is 0 Å². The first kappa shape index (κ1) is 16.3. The van der Waals surface area contributed by atoms with Crippen molar-refractivity contribution in [1.29, 1.82) is 0 Å². The molecule has 2 aliphatic rings. The lowest BCUT2D eigenvalue weighted by molar-refractivity contribution is -0.274. The third-order valence-corrected chi connectivity index (χ3v) is 4.89. The summed E-state index contributed by atoms with van der Waals surface area (Å²) >= 11 is 0. The number of halogens is 3. The number of benzene rings is 2. The number of fused-ring (bicyclic) bond motifs is 3. The zero-order valence-corrected chi connectivity index (χ0v) is 13.6. The van der Waals surface area contributed by atoms with E-state index in [1.807, 2.05) is 18.2 Å². The maximum Gasteiger partial charge on any atom is 0.573 e. The molecule has 1 N–H and O–H groups in total. The van der Waals surface area contributed by atoms with Crippen LogP contribution in [-0.2, 0) is 6.42 Å².